The maximum Gasteiger partial charge on any atom is 0.325 e. The summed E-state index contributed by atoms with van der Waals surface area (Å²) < 4.78 is 10.1. The second kappa shape index (κ2) is 9.00. The van der Waals surface area contributed by atoms with Crippen molar-refractivity contribution in [2.45, 2.75) is 26.7 Å². The molecule has 0 fully saturated rings. The van der Waals surface area contributed by atoms with Crippen LogP contribution in [0.5, 0.6) is 5.75 Å². The Morgan fingerprint density at radius 1 is 1.19 bits per heavy atom. The SMILES string of the molecule is CCOC(=O)CN(CC)C(=O)CCc1ccccc1OC. The van der Waals surface area contributed by atoms with E-state index in [-0.39, 0.29) is 18.4 Å². The van der Waals surface area contributed by atoms with Gasteiger partial charge in [-0.15, -0.1) is 0 Å². The molecule has 5 heteroatoms. The average Bonchev–Trinajstić information content (AvgIpc) is 2.50. The predicted octanol–water partition coefficient (Wildman–Crippen LogP) is 2.04. The topological polar surface area (TPSA) is 55.8 Å². The number of nitrogens with zero attached hydrogens (tertiary/aromatic N) is 1. The standard InChI is InChI=1S/C16H23NO4/c1-4-17(12-16(19)21-5-2)15(18)11-10-13-8-6-7-9-14(13)20-3/h6-9H,4-5,10-12H2,1-3H3. The zero-order valence-corrected chi connectivity index (χ0v) is 12.9. The highest BCUT2D eigenvalue weighted by Crippen LogP contribution is 2.19. The monoisotopic (exact) mass is 293 g/mol. The quantitative estimate of drug-likeness (QED) is 0.688. The van der Waals surface area contributed by atoms with Crippen molar-refractivity contribution in [3.05, 3.63) is 29.8 Å². The summed E-state index contributed by atoms with van der Waals surface area (Å²) in [5.74, 6) is 0.347. The highest BCUT2D eigenvalue weighted by atomic mass is 16.5. The van der Waals surface area contributed by atoms with Crippen molar-refractivity contribution in [2.24, 2.45) is 0 Å². The van der Waals surface area contributed by atoms with Gasteiger partial charge in [-0.1, -0.05) is 18.2 Å². The number of methoxy groups -OCH3 is 1. The van der Waals surface area contributed by atoms with Gasteiger partial charge < -0.3 is 14.4 Å². The van der Waals surface area contributed by atoms with Crippen LogP contribution in [-0.4, -0.2) is 43.6 Å². The summed E-state index contributed by atoms with van der Waals surface area (Å²) in [6.45, 7) is 4.42. The summed E-state index contributed by atoms with van der Waals surface area (Å²) in [7, 11) is 1.61. The van der Waals surface area contributed by atoms with Crippen LogP contribution >= 0.6 is 0 Å². The molecule has 0 radical (unpaired) electrons. The molecule has 1 aromatic carbocycles. The maximum absolute atomic E-state index is 12.2. The van der Waals surface area contributed by atoms with E-state index in [2.05, 4.69) is 0 Å². The van der Waals surface area contributed by atoms with Gasteiger partial charge in [0.05, 0.1) is 13.7 Å². The van der Waals surface area contributed by atoms with Crippen molar-refractivity contribution in [1.29, 1.82) is 0 Å². The molecule has 0 aliphatic rings. The zero-order valence-electron chi connectivity index (χ0n) is 12.9. The van der Waals surface area contributed by atoms with Crippen LogP contribution in [0.4, 0.5) is 0 Å². The van der Waals surface area contributed by atoms with Crippen molar-refractivity contribution in [3.8, 4) is 5.75 Å². The third kappa shape index (κ3) is 5.45. The smallest absolute Gasteiger partial charge is 0.325 e. The Labute approximate surface area is 125 Å². The lowest BCUT2D eigenvalue weighted by molar-refractivity contribution is -0.148. The molecule has 0 aromatic heterocycles. The van der Waals surface area contributed by atoms with Crippen LogP contribution in [0.15, 0.2) is 24.3 Å². The van der Waals surface area contributed by atoms with Crippen LogP contribution in [-0.2, 0) is 20.7 Å². The number of hydrogen-bond acceptors (Lipinski definition) is 4. The minimum atomic E-state index is -0.370. The van der Waals surface area contributed by atoms with Gasteiger partial charge in [-0.2, -0.15) is 0 Å². The molecule has 0 aliphatic heterocycles. The van der Waals surface area contributed by atoms with Crippen molar-refractivity contribution < 1.29 is 19.1 Å². The maximum atomic E-state index is 12.2. The van der Waals surface area contributed by atoms with Gasteiger partial charge >= 0.3 is 5.97 Å². The molecule has 0 saturated carbocycles. The number of benzene rings is 1. The first-order chi connectivity index (χ1) is 10.1. The Kier molecular flexibility index (Phi) is 7.29. The third-order valence-corrected chi connectivity index (χ3v) is 3.16. The Hall–Kier alpha value is -2.04. The van der Waals surface area contributed by atoms with Crippen LogP contribution in [0, 0.1) is 0 Å². The molecule has 0 aliphatic carbocycles. The lowest BCUT2D eigenvalue weighted by Crippen LogP contribution is -2.36. The lowest BCUT2D eigenvalue weighted by Gasteiger charge is -2.20. The van der Waals surface area contributed by atoms with Gasteiger partial charge in [-0.3, -0.25) is 9.59 Å². The number of carbonyl (C=O) groups is 2. The van der Waals surface area contributed by atoms with Crippen molar-refractivity contribution in [3.63, 3.8) is 0 Å². The number of aryl methyl sites for hydroxylation is 1. The second-order valence-corrected chi connectivity index (χ2v) is 4.52. The molecule has 0 N–H and O–H groups in total. The van der Waals surface area contributed by atoms with E-state index in [0.29, 0.717) is 26.0 Å². The first kappa shape index (κ1) is 17.0. The Bertz CT molecular complexity index is 473. The van der Waals surface area contributed by atoms with Gasteiger partial charge in [-0.25, -0.2) is 0 Å². The van der Waals surface area contributed by atoms with Gasteiger partial charge in [0, 0.05) is 13.0 Å². The molecule has 1 rings (SSSR count). The molecule has 0 unspecified atom stereocenters. The molecule has 5 nitrogen and oxygen atoms in total. The fourth-order valence-corrected chi connectivity index (χ4v) is 2.05. The van der Waals surface area contributed by atoms with Crippen LogP contribution in [0.3, 0.4) is 0 Å². The molecule has 21 heavy (non-hydrogen) atoms. The zero-order chi connectivity index (χ0) is 15.7. The van der Waals surface area contributed by atoms with E-state index in [1.54, 1.807) is 14.0 Å². The summed E-state index contributed by atoms with van der Waals surface area (Å²) in [4.78, 5) is 25.1. The fraction of sp³-hybridized carbons (Fsp3) is 0.500. The van der Waals surface area contributed by atoms with Crippen LogP contribution in [0.2, 0.25) is 0 Å². The summed E-state index contributed by atoms with van der Waals surface area (Å²) in [6, 6.07) is 7.62. The summed E-state index contributed by atoms with van der Waals surface area (Å²) in [6.07, 6.45) is 0.926. The highest BCUT2D eigenvalue weighted by Gasteiger charge is 2.16. The fourth-order valence-electron chi connectivity index (χ4n) is 2.05. The Balaban J connectivity index is 2.56. The summed E-state index contributed by atoms with van der Waals surface area (Å²) >= 11 is 0. The van der Waals surface area contributed by atoms with Gasteiger partial charge in [-0.05, 0) is 31.9 Å². The van der Waals surface area contributed by atoms with E-state index in [4.69, 9.17) is 9.47 Å². The molecule has 1 aromatic rings. The largest absolute Gasteiger partial charge is 0.496 e. The highest BCUT2D eigenvalue weighted by molar-refractivity contribution is 5.82. The third-order valence-electron chi connectivity index (χ3n) is 3.16. The van der Waals surface area contributed by atoms with Gasteiger partial charge in [0.1, 0.15) is 12.3 Å². The second-order valence-electron chi connectivity index (χ2n) is 4.52. The van der Waals surface area contributed by atoms with E-state index in [0.717, 1.165) is 11.3 Å². The number of amides is 1. The Morgan fingerprint density at radius 2 is 1.90 bits per heavy atom. The molecule has 116 valence electrons. The molecular weight excluding hydrogens is 270 g/mol. The van der Waals surface area contributed by atoms with E-state index in [1.807, 2.05) is 31.2 Å². The normalized spacial score (nSPS) is 10.0. The first-order valence-corrected chi connectivity index (χ1v) is 7.17. The van der Waals surface area contributed by atoms with E-state index < -0.39 is 0 Å². The molecular formula is C16H23NO4. The minimum Gasteiger partial charge on any atom is -0.496 e. The summed E-state index contributed by atoms with van der Waals surface area (Å²) in [5.41, 5.74) is 0.987. The molecule has 0 spiro atoms. The van der Waals surface area contributed by atoms with E-state index in [9.17, 15) is 9.59 Å². The number of esters is 1. The number of para-hydroxylation sites is 1. The van der Waals surface area contributed by atoms with Crippen LogP contribution in [0.1, 0.15) is 25.8 Å². The van der Waals surface area contributed by atoms with E-state index >= 15 is 0 Å². The number of rotatable bonds is 8. The minimum absolute atomic E-state index is 0.00903. The van der Waals surface area contributed by atoms with Crippen molar-refractivity contribution in [1.82, 2.24) is 4.90 Å². The predicted molar refractivity (Wildman–Crippen MR) is 80.2 cm³/mol. The first-order valence-electron chi connectivity index (χ1n) is 7.17. The van der Waals surface area contributed by atoms with Crippen molar-refractivity contribution in [2.75, 3.05) is 26.8 Å². The van der Waals surface area contributed by atoms with Gasteiger partial charge in [0.2, 0.25) is 5.91 Å². The van der Waals surface area contributed by atoms with Crippen molar-refractivity contribution >= 4 is 11.9 Å². The number of hydrogen-bond donors (Lipinski definition) is 0. The number of likely N-dealkylation sites (N-methyl/N-ethyl adjacent to an activating group) is 1. The molecule has 1 amide bonds. The molecule has 0 bridgehead atoms. The number of ether oxygens (including phenoxy) is 2. The van der Waals surface area contributed by atoms with E-state index in [1.165, 1.54) is 4.90 Å². The van der Waals surface area contributed by atoms with Crippen LogP contribution in [0.25, 0.3) is 0 Å². The number of carbonyl (C=O) groups excluding carboxylic acids is 2. The molecule has 0 heterocycles. The Morgan fingerprint density at radius 3 is 2.52 bits per heavy atom. The lowest BCUT2D eigenvalue weighted by atomic mass is 10.1. The van der Waals surface area contributed by atoms with Crippen LogP contribution < -0.4 is 4.74 Å². The molecule has 0 atom stereocenters. The molecule has 0 saturated heterocycles. The van der Waals surface area contributed by atoms with Gasteiger partial charge in [0.15, 0.2) is 0 Å². The van der Waals surface area contributed by atoms with Gasteiger partial charge in [0.25, 0.3) is 0 Å². The summed E-state index contributed by atoms with van der Waals surface area (Å²) in [5, 5.41) is 0. The average molecular weight is 293 g/mol.